The summed E-state index contributed by atoms with van der Waals surface area (Å²) >= 11 is 0. The van der Waals surface area contributed by atoms with Crippen molar-refractivity contribution in [3.63, 3.8) is 0 Å². The number of nitrogens with one attached hydrogen (secondary N) is 1. The molecule has 0 saturated carbocycles. The van der Waals surface area contributed by atoms with Crippen LogP contribution in [0.1, 0.15) is 47.2 Å². The van der Waals surface area contributed by atoms with Gasteiger partial charge in [0.1, 0.15) is 11.5 Å². The van der Waals surface area contributed by atoms with E-state index in [-0.39, 0.29) is 5.91 Å². The van der Waals surface area contributed by atoms with E-state index >= 15 is 0 Å². The van der Waals surface area contributed by atoms with Gasteiger partial charge in [-0.1, -0.05) is 0 Å². The van der Waals surface area contributed by atoms with Crippen LogP contribution in [-0.2, 0) is 0 Å². The smallest absolute Gasteiger partial charge is 0.271 e. The Labute approximate surface area is 148 Å². The summed E-state index contributed by atoms with van der Waals surface area (Å²) in [7, 11) is 3.08. The molecule has 0 fully saturated rings. The largest absolute Gasteiger partial charge is 0.497 e. The van der Waals surface area contributed by atoms with Gasteiger partial charge >= 0.3 is 0 Å². The van der Waals surface area contributed by atoms with Crippen LogP contribution >= 0.6 is 0 Å². The summed E-state index contributed by atoms with van der Waals surface area (Å²) in [5, 5.41) is 4.08. The minimum absolute atomic E-state index is 0.328. The number of aryl methyl sites for hydroxylation is 1. The number of methoxy groups -OCH3 is 2. The summed E-state index contributed by atoms with van der Waals surface area (Å²) < 4.78 is 12.6. The normalized spacial score (nSPS) is 11.2. The summed E-state index contributed by atoms with van der Waals surface area (Å²) in [6.45, 7) is 8.38. The first-order chi connectivity index (χ1) is 11.9. The number of benzene rings is 1. The van der Waals surface area contributed by atoms with Crippen molar-refractivity contribution in [1.82, 2.24) is 9.99 Å². The second-order valence-corrected chi connectivity index (χ2v) is 6.09. The predicted octanol–water partition coefficient (Wildman–Crippen LogP) is 3.47. The number of hydrazone groups is 1. The van der Waals surface area contributed by atoms with Crippen molar-refractivity contribution < 1.29 is 14.3 Å². The van der Waals surface area contributed by atoms with Crippen LogP contribution in [0.2, 0.25) is 0 Å². The van der Waals surface area contributed by atoms with Crippen molar-refractivity contribution in [3.8, 4) is 11.5 Å². The fraction of sp³-hybridized carbons (Fsp3) is 0.368. The minimum Gasteiger partial charge on any atom is -0.497 e. The first-order valence-electron chi connectivity index (χ1n) is 8.12. The molecule has 0 atom stereocenters. The number of hydrogen-bond donors (Lipinski definition) is 1. The molecular weight excluding hydrogens is 318 g/mol. The van der Waals surface area contributed by atoms with E-state index in [1.54, 1.807) is 38.6 Å². The number of ether oxygens (including phenoxy) is 2. The maximum absolute atomic E-state index is 12.3. The van der Waals surface area contributed by atoms with Crippen LogP contribution in [0.4, 0.5) is 0 Å². The molecule has 0 radical (unpaired) electrons. The van der Waals surface area contributed by atoms with Crippen LogP contribution in [0.5, 0.6) is 11.5 Å². The third-order valence-electron chi connectivity index (χ3n) is 4.02. The Bertz CT molecular complexity index is 769. The summed E-state index contributed by atoms with van der Waals surface area (Å²) in [6.07, 6.45) is 1.66. The zero-order valence-corrected chi connectivity index (χ0v) is 15.6. The van der Waals surface area contributed by atoms with Gasteiger partial charge in [-0.2, -0.15) is 5.10 Å². The average molecular weight is 343 g/mol. The highest BCUT2D eigenvalue weighted by Gasteiger charge is 2.11. The maximum atomic E-state index is 12.3. The molecule has 1 aromatic heterocycles. The number of rotatable bonds is 6. The molecule has 6 nitrogen and oxygen atoms in total. The van der Waals surface area contributed by atoms with E-state index in [0.717, 1.165) is 17.0 Å². The second-order valence-electron chi connectivity index (χ2n) is 6.09. The number of carbonyl (C=O) groups is 1. The van der Waals surface area contributed by atoms with Gasteiger partial charge in [0.25, 0.3) is 5.91 Å². The van der Waals surface area contributed by atoms with Crippen LogP contribution in [0.3, 0.4) is 0 Å². The molecule has 1 amide bonds. The van der Waals surface area contributed by atoms with Crippen LogP contribution in [0, 0.1) is 13.8 Å². The molecule has 25 heavy (non-hydrogen) atoms. The van der Waals surface area contributed by atoms with Crippen LogP contribution in [0.15, 0.2) is 29.4 Å². The molecule has 1 aromatic carbocycles. The lowest BCUT2D eigenvalue weighted by Gasteiger charge is -2.13. The molecule has 0 aliphatic heterocycles. The van der Waals surface area contributed by atoms with E-state index in [1.807, 2.05) is 6.92 Å². The van der Waals surface area contributed by atoms with Gasteiger partial charge in [0.2, 0.25) is 0 Å². The zero-order valence-electron chi connectivity index (χ0n) is 15.6. The molecule has 0 bridgehead atoms. The summed E-state index contributed by atoms with van der Waals surface area (Å²) in [4.78, 5) is 12.3. The highest BCUT2D eigenvalue weighted by atomic mass is 16.5. The Morgan fingerprint density at radius 2 is 1.72 bits per heavy atom. The molecular formula is C19H25N3O3. The van der Waals surface area contributed by atoms with Gasteiger partial charge in [-0.25, -0.2) is 5.43 Å². The van der Waals surface area contributed by atoms with Crippen LogP contribution in [-0.4, -0.2) is 30.9 Å². The van der Waals surface area contributed by atoms with Crippen LogP contribution < -0.4 is 14.9 Å². The highest BCUT2D eigenvalue weighted by molar-refractivity contribution is 5.95. The first-order valence-corrected chi connectivity index (χ1v) is 8.12. The Kier molecular flexibility index (Phi) is 5.85. The molecule has 2 rings (SSSR count). The SMILES string of the molecule is COc1cc(OC)cc(C(=O)N/N=C\c2cc(C)n(C(C)C)c2C)c1. The van der Waals surface area contributed by atoms with Crippen molar-refractivity contribution in [3.05, 3.63) is 46.8 Å². The second kappa shape index (κ2) is 7.88. The van der Waals surface area contributed by atoms with Crippen molar-refractivity contribution in [1.29, 1.82) is 0 Å². The lowest BCUT2D eigenvalue weighted by Crippen LogP contribution is -2.17. The van der Waals surface area contributed by atoms with E-state index in [4.69, 9.17) is 9.47 Å². The molecule has 0 unspecified atom stereocenters. The summed E-state index contributed by atoms with van der Waals surface area (Å²) in [5.41, 5.74) is 6.23. The van der Waals surface area contributed by atoms with Crippen molar-refractivity contribution in [2.24, 2.45) is 5.10 Å². The maximum Gasteiger partial charge on any atom is 0.271 e. The van der Waals surface area contributed by atoms with Crippen LogP contribution in [0.25, 0.3) is 0 Å². The van der Waals surface area contributed by atoms with Crippen molar-refractivity contribution in [2.75, 3.05) is 14.2 Å². The molecule has 6 heteroatoms. The molecule has 0 spiro atoms. The van der Waals surface area contributed by atoms with Gasteiger partial charge in [-0.05, 0) is 45.9 Å². The van der Waals surface area contributed by atoms with Gasteiger partial charge in [0.05, 0.1) is 20.4 Å². The fourth-order valence-electron chi connectivity index (χ4n) is 2.89. The van der Waals surface area contributed by atoms with Gasteiger partial charge in [0.15, 0.2) is 0 Å². The molecule has 0 saturated heterocycles. The highest BCUT2D eigenvalue weighted by Crippen LogP contribution is 2.22. The molecule has 1 N–H and O–H groups in total. The number of aromatic nitrogens is 1. The van der Waals surface area contributed by atoms with E-state index in [2.05, 4.69) is 41.9 Å². The lowest BCUT2D eigenvalue weighted by atomic mass is 10.2. The summed E-state index contributed by atoms with van der Waals surface area (Å²) in [5.74, 6) is 0.772. The van der Waals surface area contributed by atoms with Gasteiger partial charge < -0.3 is 14.0 Å². The number of hydrogen-bond acceptors (Lipinski definition) is 4. The Hall–Kier alpha value is -2.76. The molecule has 0 aliphatic carbocycles. The topological polar surface area (TPSA) is 64.8 Å². The van der Waals surface area contributed by atoms with Gasteiger partial charge in [0, 0.05) is 34.6 Å². The quantitative estimate of drug-likeness (QED) is 0.645. The molecule has 1 heterocycles. The Morgan fingerprint density at radius 3 is 2.20 bits per heavy atom. The molecule has 134 valence electrons. The third kappa shape index (κ3) is 4.21. The van der Waals surface area contributed by atoms with Gasteiger partial charge in [-0.15, -0.1) is 0 Å². The Morgan fingerprint density at radius 1 is 1.12 bits per heavy atom. The van der Waals surface area contributed by atoms with Crippen molar-refractivity contribution in [2.45, 2.75) is 33.7 Å². The number of carbonyl (C=O) groups excluding carboxylic acids is 1. The van der Waals surface area contributed by atoms with Gasteiger partial charge in [-0.3, -0.25) is 4.79 Å². The third-order valence-corrected chi connectivity index (χ3v) is 4.02. The van der Waals surface area contributed by atoms with E-state index in [0.29, 0.717) is 23.1 Å². The van der Waals surface area contributed by atoms with E-state index in [9.17, 15) is 4.79 Å². The standard InChI is InChI=1S/C19H25N3O3/c1-12(2)22-13(3)7-16(14(22)4)11-20-21-19(23)15-8-17(24-5)10-18(9-15)25-6/h7-12H,1-6H3,(H,21,23)/b20-11-. The van der Waals surface area contributed by atoms with Crippen molar-refractivity contribution >= 4 is 12.1 Å². The minimum atomic E-state index is -0.328. The molecule has 0 aliphatic rings. The lowest BCUT2D eigenvalue weighted by molar-refractivity contribution is 0.0954. The monoisotopic (exact) mass is 343 g/mol. The van der Waals surface area contributed by atoms with E-state index < -0.39 is 0 Å². The Balaban J connectivity index is 2.15. The molecule has 2 aromatic rings. The average Bonchev–Trinajstić information content (AvgIpc) is 2.87. The zero-order chi connectivity index (χ0) is 18.6. The predicted molar refractivity (Wildman–Crippen MR) is 98.9 cm³/mol. The summed E-state index contributed by atoms with van der Waals surface area (Å²) in [6, 6.07) is 7.41. The first kappa shape index (κ1) is 18.6. The van der Waals surface area contributed by atoms with E-state index in [1.165, 1.54) is 0 Å². The number of amides is 1. The number of nitrogens with zero attached hydrogens (tertiary/aromatic N) is 2. The fourth-order valence-corrected chi connectivity index (χ4v) is 2.89.